The molecule has 0 aliphatic carbocycles. The topological polar surface area (TPSA) is 12.2 Å². The second kappa shape index (κ2) is 5.06. The minimum Gasteiger partial charge on any atom is -0.496 e. The third-order valence-electron chi connectivity index (χ3n) is 3.44. The molecule has 0 fully saturated rings. The Kier molecular flexibility index (Phi) is 3.26. The maximum absolute atomic E-state index is 5.93. The van der Waals surface area contributed by atoms with Crippen LogP contribution in [0.4, 0.5) is 5.69 Å². The number of ether oxygens (including phenoxy) is 1. The van der Waals surface area contributed by atoms with E-state index in [-0.39, 0.29) is 0 Å². The highest BCUT2D eigenvalue weighted by Gasteiger charge is 2.20. The van der Waals surface area contributed by atoms with Crippen molar-refractivity contribution in [2.24, 2.45) is 0 Å². The zero-order chi connectivity index (χ0) is 13.2. The predicted molar refractivity (Wildman–Crippen MR) is 78.1 cm³/mol. The molecule has 0 aromatic heterocycles. The van der Waals surface area contributed by atoms with Crippen LogP contribution in [0.2, 0.25) is 5.02 Å². The highest BCUT2D eigenvalue weighted by molar-refractivity contribution is 6.30. The molecule has 2 aromatic rings. The first-order chi connectivity index (χ1) is 9.28. The van der Waals surface area contributed by atoms with Crippen molar-refractivity contribution in [3.63, 3.8) is 0 Å². The monoisotopic (exact) mass is 272 g/mol. The van der Waals surface area contributed by atoms with Crippen molar-refractivity contribution in [1.82, 2.24) is 0 Å². The van der Waals surface area contributed by atoms with E-state index < -0.39 is 0 Å². The van der Waals surface area contributed by atoms with Crippen LogP contribution in [0.5, 0.6) is 5.75 Å². The third kappa shape index (κ3) is 2.36. The molecule has 0 N–H and O–H groups in total. The van der Waals surface area contributed by atoms with E-state index in [0.29, 0.717) is 0 Å². The number of hydrogen-bond acceptors (Lipinski definition) is 1. The van der Waals surface area contributed by atoms with Crippen molar-refractivity contribution >= 4 is 23.5 Å². The average molecular weight is 273 g/mol. The first-order valence-corrected chi connectivity index (χ1v) is 6.68. The molecule has 3 heteroatoms. The van der Waals surface area contributed by atoms with Gasteiger partial charge in [-0.15, -0.1) is 0 Å². The Bertz CT molecular complexity index is 632. The van der Waals surface area contributed by atoms with Crippen molar-refractivity contribution in [2.45, 2.75) is 6.42 Å². The molecule has 1 aliphatic heterocycles. The Morgan fingerprint density at radius 2 is 1.89 bits per heavy atom. The van der Waals surface area contributed by atoms with E-state index >= 15 is 0 Å². The summed E-state index contributed by atoms with van der Waals surface area (Å²) in [6.07, 6.45) is 3.17. The van der Waals surface area contributed by atoms with Crippen LogP contribution < -0.4 is 4.74 Å². The molecular weight excluding hydrogens is 258 g/mol. The van der Waals surface area contributed by atoms with Gasteiger partial charge in [-0.3, -0.25) is 0 Å². The summed E-state index contributed by atoms with van der Waals surface area (Å²) in [4.78, 5) is 0. The van der Waals surface area contributed by atoms with E-state index in [4.69, 9.17) is 16.3 Å². The fraction of sp³-hybridized carbons (Fsp3) is 0.188. The first kappa shape index (κ1) is 12.2. The number of benzene rings is 2. The maximum Gasteiger partial charge on any atom is 0.205 e. The lowest BCUT2D eigenvalue weighted by atomic mass is 10.0. The SMILES string of the molecule is COc1cccc2c1C=[N+](c1ccc(Cl)cc1)CC2. The molecular formula is C16H15ClNO+. The molecule has 2 aromatic carbocycles. The Hall–Kier alpha value is -1.80. The molecule has 0 atom stereocenters. The zero-order valence-corrected chi connectivity index (χ0v) is 11.5. The number of fused-ring (bicyclic) bond motifs is 1. The Balaban J connectivity index is 2.05. The van der Waals surface area contributed by atoms with Crippen molar-refractivity contribution in [3.05, 3.63) is 58.6 Å². The standard InChI is InChI=1S/C16H15ClNO/c1-19-16-4-2-3-12-9-10-18(11-15(12)16)14-7-5-13(17)6-8-14/h2-8,11H,9-10H2,1H3/q+1. The summed E-state index contributed by atoms with van der Waals surface area (Å²) < 4.78 is 7.67. The summed E-state index contributed by atoms with van der Waals surface area (Å²) in [5.74, 6) is 0.927. The van der Waals surface area contributed by atoms with E-state index in [1.807, 2.05) is 36.4 Å². The van der Waals surface area contributed by atoms with Crippen LogP contribution in [0.15, 0.2) is 42.5 Å². The number of halogens is 1. The molecule has 0 radical (unpaired) electrons. The largest absolute Gasteiger partial charge is 0.496 e. The zero-order valence-electron chi connectivity index (χ0n) is 10.8. The van der Waals surface area contributed by atoms with Crippen LogP contribution in [-0.2, 0) is 6.42 Å². The Labute approximate surface area is 117 Å². The van der Waals surface area contributed by atoms with Gasteiger partial charge in [-0.25, -0.2) is 0 Å². The van der Waals surface area contributed by atoms with Gasteiger partial charge < -0.3 is 4.74 Å². The van der Waals surface area contributed by atoms with Crippen LogP contribution in [0, 0.1) is 0 Å². The molecule has 0 saturated heterocycles. The van der Waals surface area contributed by atoms with Crippen LogP contribution in [0.1, 0.15) is 11.1 Å². The normalized spacial score (nSPS) is 13.7. The van der Waals surface area contributed by atoms with E-state index in [9.17, 15) is 0 Å². The van der Waals surface area contributed by atoms with Gasteiger partial charge in [-0.05, 0) is 23.8 Å². The van der Waals surface area contributed by atoms with Gasteiger partial charge in [0.1, 0.15) is 5.75 Å². The van der Waals surface area contributed by atoms with Crippen LogP contribution in [-0.4, -0.2) is 24.4 Å². The summed E-state index contributed by atoms with van der Waals surface area (Å²) in [5, 5.41) is 0.763. The van der Waals surface area contributed by atoms with Crippen molar-refractivity contribution in [2.75, 3.05) is 13.7 Å². The second-order valence-electron chi connectivity index (χ2n) is 4.58. The molecule has 0 unspecified atom stereocenters. The second-order valence-corrected chi connectivity index (χ2v) is 5.02. The fourth-order valence-electron chi connectivity index (χ4n) is 2.43. The minimum absolute atomic E-state index is 0.763. The molecule has 3 rings (SSSR count). The van der Waals surface area contributed by atoms with Gasteiger partial charge in [0.2, 0.25) is 5.69 Å². The quantitative estimate of drug-likeness (QED) is 0.760. The van der Waals surface area contributed by atoms with Crippen molar-refractivity contribution in [3.8, 4) is 5.75 Å². The number of methoxy groups -OCH3 is 1. The molecule has 96 valence electrons. The smallest absolute Gasteiger partial charge is 0.205 e. The summed E-state index contributed by atoms with van der Waals surface area (Å²) in [5.41, 5.74) is 3.66. The van der Waals surface area contributed by atoms with Gasteiger partial charge >= 0.3 is 0 Å². The summed E-state index contributed by atoms with van der Waals surface area (Å²) in [6, 6.07) is 14.1. The summed E-state index contributed by atoms with van der Waals surface area (Å²) >= 11 is 5.93. The molecule has 2 nitrogen and oxygen atoms in total. The molecule has 0 spiro atoms. The van der Waals surface area contributed by atoms with Crippen LogP contribution in [0.25, 0.3) is 0 Å². The fourth-order valence-corrected chi connectivity index (χ4v) is 2.56. The van der Waals surface area contributed by atoms with Crippen LogP contribution >= 0.6 is 11.6 Å². The highest BCUT2D eigenvalue weighted by Crippen LogP contribution is 2.26. The predicted octanol–water partition coefficient (Wildman–Crippen LogP) is 3.67. The molecule has 19 heavy (non-hydrogen) atoms. The van der Waals surface area contributed by atoms with E-state index in [0.717, 1.165) is 29.4 Å². The van der Waals surface area contributed by atoms with Gasteiger partial charge in [0.05, 0.1) is 12.7 Å². The number of rotatable bonds is 2. The van der Waals surface area contributed by atoms with E-state index in [1.165, 1.54) is 11.1 Å². The van der Waals surface area contributed by atoms with Gasteiger partial charge in [0, 0.05) is 23.6 Å². The van der Waals surface area contributed by atoms with E-state index in [1.54, 1.807) is 7.11 Å². The molecule has 0 amide bonds. The molecule has 0 saturated carbocycles. The van der Waals surface area contributed by atoms with Gasteiger partial charge in [0.25, 0.3) is 0 Å². The Morgan fingerprint density at radius 1 is 1.11 bits per heavy atom. The van der Waals surface area contributed by atoms with Crippen molar-refractivity contribution < 1.29 is 9.31 Å². The lowest BCUT2D eigenvalue weighted by Gasteiger charge is -2.14. The van der Waals surface area contributed by atoms with E-state index in [2.05, 4.69) is 16.9 Å². The van der Waals surface area contributed by atoms with Gasteiger partial charge in [-0.1, -0.05) is 23.7 Å². The number of hydrogen-bond donors (Lipinski definition) is 0. The lowest BCUT2D eigenvalue weighted by molar-refractivity contribution is -0.436. The van der Waals surface area contributed by atoms with Gasteiger partial charge in [-0.2, -0.15) is 4.58 Å². The minimum atomic E-state index is 0.763. The molecule has 0 bridgehead atoms. The van der Waals surface area contributed by atoms with Gasteiger partial charge in [0.15, 0.2) is 12.8 Å². The Morgan fingerprint density at radius 3 is 2.63 bits per heavy atom. The lowest BCUT2D eigenvalue weighted by Crippen LogP contribution is -2.19. The third-order valence-corrected chi connectivity index (χ3v) is 3.69. The summed E-state index contributed by atoms with van der Waals surface area (Å²) in [7, 11) is 1.71. The first-order valence-electron chi connectivity index (χ1n) is 6.31. The molecule has 1 aliphatic rings. The maximum atomic E-state index is 5.93. The van der Waals surface area contributed by atoms with Crippen molar-refractivity contribution in [1.29, 1.82) is 0 Å². The number of nitrogens with zero attached hydrogens (tertiary/aromatic N) is 1. The highest BCUT2D eigenvalue weighted by atomic mass is 35.5. The van der Waals surface area contributed by atoms with Crippen LogP contribution in [0.3, 0.4) is 0 Å². The average Bonchev–Trinajstić information content (AvgIpc) is 2.47. The summed E-state index contributed by atoms with van der Waals surface area (Å²) in [6.45, 7) is 0.974. The molecule has 1 heterocycles.